The number of hydrogen-bond acceptors (Lipinski definition) is 3. The first-order valence-electron chi connectivity index (χ1n) is 6.56. The zero-order valence-corrected chi connectivity index (χ0v) is 12.2. The summed E-state index contributed by atoms with van der Waals surface area (Å²) < 4.78 is 0. The SMILES string of the molecule is CNC(CCN)C(O)c1c(C)c(C)cc(C)c1C. The van der Waals surface area contributed by atoms with Crippen LogP contribution in [0.15, 0.2) is 6.07 Å². The second kappa shape index (κ2) is 6.32. The Labute approximate surface area is 110 Å². The van der Waals surface area contributed by atoms with Gasteiger partial charge in [0.25, 0.3) is 0 Å². The van der Waals surface area contributed by atoms with E-state index >= 15 is 0 Å². The Balaban J connectivity index is 3.22. The van der Waals surface area contributed by atoms with Crippen molar-refractivity contribution in [3.8, 4) is 0 Å². The number of benzene rings is 1. The summed E-state index contributed by atoms with van der Waals surface area (Å²) in [5, 5.41) is 13.8. The fraction of sp³-hybridized carbons (Fsp3) is 0.600. The molecule has 2 unspecified atom stereocenters. The van der Waals surface area contributed by atoms with E-state index < -0.39 is 6.10 Å². The molecule has 0 saturated carbocycles. The molecule has 18 heavy (non-hydrogen) atoms. The molecule has 0 bridgehead atoms. The Morgan fingerprint density at radius 3 is 2.06 bits per heavy atom. The van der Waals surface area contributed by atoms with Gasteiger partial charge in [0.1, 0.15) is 0 Å². The van der Waals surface area contributed by atoms with Crippen LogP contribution in [0.25, 0.3) is 0 Å². The number of hydrogen-bond donors (Lipinski definition) is 3. The second-order valence-electron chi connectivity index (χ2n) is 5.09. The number of nitrogens with two attached hydrogens (primary N) is 1. The lowest BCUT2D eigenvalue weighted by Crippen LogP contribution is -2.35. The Morgan fingerprint density at radius 1 is 1.17 bits per heavy atom. The van der Waals surface area contributed by atoms with Crippen LogP contribution in [0.2, 0.25) is 0 Å². The van der Waals surface area contributed by atoms with Gasteiger partial charge in [-0.15, -0.1) is 0 Å². The number of nitrogens with one attached hydrogen (secondary N) is 1. The Kier molecular flexibility index (Phi) is 5.32. The maximum Gasteiger partial charge on any atom is 0.0948 e. The fourth-order valence-corrected chi connectivity index (χ4v) is 2.53. The van der Waals surface area contributed by atoms with Crippen molar-refractivity contribution in [2.45, 2.75) is 46.3 Å². The average Bonchev–Trinajstić information content (AvgIpc) is 2.33. The first-order chi connectivity index (χ1) is 8.43. The molecule has 4 N–H and O–H groups in total. The van der Waals surface area contributed by atoms with Crippen LogP contribution in [-0.4, -0.2) is 24.7 Å². The van der Waals surface area contributed by atoms with Gasteiger partial charge in [0, 0.05) is 6.04 Å². The van der Waals surface area contributed by atoms with Gasteiger partial charge in [0.05, 0.1) is 6.10 Å². The van der Waals surface area contributed by atoms with Crippen molar-refractivity contribution in [1.29, 1.82) is 0 Å². The van der Waals surface area contributed by atoms with Crippen molar-refractivity contribution < 1.29 is 5.11 Å². The Hall–Kier alpha value is -0.900. The quantitative estimate of drug-likeness (QED) is 0.748. The third-order valence-corrected chi connectivity index (χ3v) is 3.95. The maximum absolute atomic E-state index is 10.6. The number of likely N-dealkylation sites (N-methyl/N-ethyl adjacent to an activating group) is 1. The molecular weight excluding hydrogens is 224 g/mol. The van der Waals surface area contributed by atoms with Crippen LogP contribution in [-0.2, 0) is 0 Å². The largest absolute Gasteiger partial charge is 0.387 e. The van der Waals surface area contributed by atoms with E-state index in [2.05, 4.69) is 39.1 Å². The number of aliphatic hydroxyl groups is 1. The summed E-state index contributed by atoms with van der Waals surface area (Å²) in [6.07, 6.45) is 0.265. The summed E-state index contributed by atoms with van der Waals surface area (Å²) >= 11 is 0. The summed E-state index contributed by atoms with van der Waals surface area (Å²) in [6, 6.07) is 2.19. The second-order valence-corrected chi connectivity index (χ2v) is 5.09. The van der Waals surface area contributed by atoms with Gasteiger partial charge in [-0.2, -0.15) is 0 Å². The minimum Gasteiger partial charge on any atom is -0.387 e. The van der Waals surface area contributed by atoms with Crippen molar-refractivity contribution >= 4 is 0 Å². The van der Waals surface area contributed by atoms with E-state index in [1.54, 1.807) is 0 Å². The van der Waals surface area contributed by atoms with Crippen molar-refractivity contribution in [2.24, 2.45) is 5.73 Å². The van der Waals surface area contributed by atoms with Crippen LogP contribution in [0, 0.1) is 27.7 Å². The number of aliphatic hydroxyl groups excluding tert-OH is 1. The monoisotopic (exact) mass is 250 g/mol. The molecular formula is C15H26N2O. The lowest BCUT2D eigenvalue weighted by Gasteiger charge is -2.27. The van der Waals surface area contributed by atoms with Crippen molar-refractivity contribution in [2.75, 3.05) is 13.6 Å². The molecule has 2 atom stereocenters. The van der Waals surface area contributed by atoms with Crippen LogP contribution in [0.1, 0.15) is 40.3 Å². The third kappa shape index (κ3) is 2.91. The molecule has 3 nitrogen and oxygen atoms in total. The molecule has 1 aromatic carbocycles. The molecule has 0 amide bonds. The van der Waals surface area contributed by atoms with E-state index in [0.29, 0.717) is 6.54 Å². The molecule has 0 radical (unpaired) electrons. The van der Waals surface area contributed by atoms with Crippen LogP contribution < -0.4 is 11.1 Å². The molecule has 0 saturated heterocycles. The van der Waals surface area contributed by atoms with Gasteiger partial charge >= 0.3 is 0 Å². The smallest absolute Gasteiger partial charge is 0.0948 e. The summed E-state index contributed by atoms with van der Waals surface area (Å²) in [5.41, 5.74) is 11.5. The normalized spacial score (nSPS) is 14.6. The standard InChI is InChI=1S/C15H26N2O/c1-9-8-10(2)12(4)14(11(9)3)15(18)13(17-5)6-7-16/h8,13,15,17-18H,6-7,16H2,1-5H3. The maximum atomic E-state index is 10.6. The summed E-state index contributed by atoms with van der Waals surface area (Å²) in [4.78, 5) is 0. The highest BCUT2D eigenvalue weighted by atomic mass is 16.3. The number of aryl methyl sites for hydroxylation is 2. The Morgan fingerprint density at radius 2 is 1.67 bits per heavy atom. The molecule has 1 rings (SSSR count). The summed E-state index contributed by atoms with van der Waals surface area (Å²) in [6.45, 7) is 8.92. The molecule has 0 aromatic heterocycles. The average molecular weight is 250 g/mol. The molecule has 102 valence electrons. The lowest BCUT2D eigenvalue weighted by atomic mass is 9.87. The van der Waals surface area contributed by atoms with Gasteiger partial charge in [-0.25, -0.2) is 0 Å². The highest BCUT2D eigenvalue weighted by Gasteiger charge is 2.23. The van der Waals surface area contributed by atoms with E-state index in [1.807, 2.05) is 7.05 Å². The predicted octanol–water partition coefficient (Wildman–Crippen LogP) is 1.89. The van der Waals surface area contributed by atoms with Gasteiger partial charge in [-0.05, 0) is 75.5 Å². The first-order valence-corrected chi connectivity index (χ1v) is 6.56. The molecule has 0 aliphatic heterocycles. The minimum absolute atomic E-state index is 0.00796. The molecule has 0 spiro atoms. The van der Waals surface area contributed by atoms with Crippen LogP contribution >= 0.6 is 0 Å². The molecule has 0 fully saturated rings. The summed E-state index contributed by atoms with van der Waals surface area (Å²) in [5.74, 6) is 0. The Bertz CT molecular complexity index is 389. The van der Waals surface area contributed by atoms with Crippen LogP contribution in [0.5, 0.6) is 0 Å². The highest BCUT2D eigenvalue weighted by molar-refractivity contribution is 5.45. The van der Waals surface area contributed by atoms with E-state index in [0.717, 1.165) is 12.0 Å². The van der Waals surface area contributed by atoms with Gasteiger partial charge in [-0.1, -0.05) is 6.07 Å². The zero-order chi connectivity index (χ0) is 13.9. The van der Waals surface area contributed by atoms with Crippen molar-refractivity contribution in [3.63, 3.8) is 0 Å². The van der Waals surface area contributed by atoms with E-state index in [-0.39, 0.29) is 6.04 Å². The lowest BCUT2D eigenvalue weighted by molar-refractivity contribution is 0.127. The molecule has 3 heteroatoms. The topological polar surface area (TPSA) is 58.3 Å². The van der Waals surface area contributed by atoms with Gasteiger partial charge in [0.2, 0.25) is 0 Å². The first kappa shape index (κ1) is 15.2. The van der Waals surface area contributed by atoms with E-state index in [4.69, 9.17) is 5.73 Å². The molecule has 1 aromatic rings. The zero-order valence-electron chi connectivity index (χ0n) is 12.2. The van der Waals surface area contributed by atoms with Gasteiger partial charge < -0.3 is 16.2 Å². The van der Waals surface area contributed by atoms with Crippen LogP contribution in [0.3, 0.4) is 0 Å². The highest BCUT2D eigenvalue weighted by Crippen LogP contribution is 2.29. The van der Waals surface area contributed by atoms with E-state index in [9.17, 15) is 5.11 Å². The predicted molar refractivity (Wildman–Crippen MR) is 76.9 cm³/mol. The van der Waals surface area contributed by atoms with Gasteiger partial charge in [-0.3, -0.25) is 0 Å². The van der Waals surface area contributed by atoms with Crippen molar-refractivity contribution in [1.82, 2.24) is 5.32 Å². The minimum atomic E-state index is -0.503. The third-order valence-electron chi connectivity index (χ3n) is 3.95. The molecule has 0 aliphatic rings. The van der Waals surface area contributed by atoms with Crippen LogP contribution in [0.4, 0.5) is 0 Å². The fourth-order valence-electron chi connectivity index (χ4n) is 2.53. The molecule has 0 heterocycles. The number of rotatable bonds is 5. The van der Waals surface area contributed by atoms with Gasteiger partial charge in [0.15, 0.2) is 0 Å². The molecule has 0 aliphatic carbocycles. The van der Waals surface area contributed by atoms with Crippen molar-refractivity contribution in [3.05, 3.63) is 33.9 Å². The summed E-state index contributed by atoms with van der Waals surface area (Å²) in [7, 11) is 1.87. The van der Waals surface area contributed by atoms with E-state index in [1.165, 1.54) is 22.3 Å².